The van der Waals surface area contributed by atoms with Crippen molar-refractivity contribution in [1.82, 2.24) is 9.88 Å². The van der Waals surface area contributed by atoms with E-state index in [0.717, 1.165) is 6.54 Å². The Bertz CT molecular complexity index is 589. The lowest BCUT2D eigenvalue weighted by molar-refractivity contribution is 0.523. The summed E-state index contributed by atoms with van der Waals surface area (Å²) in [6.07, 6.45) is 1.82. The zero-order valence-corrected chi connectivity index (χ0v) is 11.5. The number of nitrogens with zero attached hydrogens (tertiary/aromatic N) is 1. The Hall–Kier alpha value is -1.87. The van der Waals surface area contributed by atoms with Crippen molar-refractivity contribution in [3.8, 4) is 0 Å². The van der Waals surface area contributed by atoms with Crippen LogP contribution < -0.4 is 10.9 Å². The first-order chi connectivity index (χ1) is 9.18. The van der Waals surface area contributed by atoms with Gasteiger partial charge in [-0.05, 0) is 31.0 Å². The van der Waals surface area contributed by atoms with Gasteiger partial charge in [-0.2, -0.15) is 0 Å². The molecular weight excluding hydrogens is 236 g/mol. The number of rotatable bonds is 5. The molecule has 0 bridgehead atoms. The maximum Gasteiger partial charge on any atom is 0.250 e. The van der Waals surface area contributed by atoms with Crippen molar-refractivity contribution >= 4 is 0 Å². The number of aromatic nitrogens is 1. The van der Waals surface area contributed by atoms with E-state index in [1.807, 2.05) is 12.3 Å². The summed E-state index contributed by atoms with van der Waals surface area (Å²) in [6.45, 7) is 5.74. The van der Waals surface area contributed by atoms with E-state index >= 15 is 0 Å². The molecule has 0 saturated carbocycles. The average molecular weight is 256 g/mol. The van der Waals surface area contributed by atoms with E-state index in [-0.39, 0.29) is 5.56 Å². The number of benzene rings is 1. The van der Waals surface area contributed by atoms with Crippen LogP contribution in [0.15, 0.2) is 53.5 Å². The van der Waals surface area contributed by atoms with Gasteiger partial charge in [0.05, 0.1) is 0 Å². The number of hydrogen-bond acceptors (Lipinski definition) is 2. The van der Waals surface area contributed by atoms with Crippen LogP contribution in [-0.4, -0.2) is 11.1 Å². The fraction of sp³-hybridized carbons (Fsp3) is 0.312. The van der Waals surface area contributed by atoms with Crippen LogP contribution in [-0.2, 0) is 6.54 Å². The second-order valence-corrected chi connectivity index (χ2v) is 4.76. The van der Waals surface area contributed by atoms with E-state index in [0.29, 0.717) is 12.6 Å². The van der Waals surface area contributed by atoms with Gasteiger partial charge in [-0.15, -0.1) is 0 Å². The number of pyridine rings is 1. The Morgan fingerprint density at radius 1 is 1.16 bits per heavy atom. The summed E-state index contributed by atoms with van der Waals surface area (Å²) in [5.41, 5.74) is 2.65. The molecule has 1 atom stereocenters. The molecule has 0 unspecified atom stereocenters. The fourth-order valence-electron chi connectivity index (χ4n) is 2.23. The summed E-state index contributed by atoms with van der Waals surface area (Å²) in [5.74, 6) is 0. The molecule has 3 heteroatoms. The van der Waals surface area contributed by atoms with Crippen LogP contribution in [0.4, 0.5) is 0 Å². The largest absolute Gasteiger partial charge is 0.314 e. The van der Waals surface area contributed by atoms with Gasteiger partial charge in [0.25, 0.3) is 5.56 Å². The van der Waals surface area contributed by atoms with Gasteiger partial charge in [0.1, 0.15) is 0 Å². The topological polar surface area (TPSA) is 34.0 Å². The van der Waals surface area contributed by atoms with Gasteiger partial charge >= 0.3 is 0 Å². The van der Waals surface area contributed by atoms with E-state index in [2.05, 4.69) is 43.4 Å². The molecule has 0 fully saturated rings. The maximum atomic E-state index is 11.6. The fourth-order valence-corrected chi connectivity index (χ4v) is 2.23. The van der Waals surface area contributed by atoms with E-state index in [1.54, 1.807) is 16.7 Å². The molecule has 1 heterocycles. The second kappa shape index (κ2) is 6.34. The van der Waals surface area contributed by atoms with E-state index in [9.17, 15) is 4.79 Å². The van der Waals surface area contributed by atoms with Gasteiger partial charge in [0, 0.05) is 31.4 Å². The van der Waals surface area contributed by atoms with Crippen molar-refractivity contribution < 1.29 is 0 Å². The molecule has 100 valence electrons. The first kappa shape index (κ1) is 13.6. The highest BCUT2D eigenvalue weighted by molar-refractivity contribution is 5.28. The summed E-state index contributed by atoms with van der Waals surface area (Å²) in [4.78, 5) is 11.6. The third-order valence-electron chi connectivity index (χ3n) is 3.36. The predicted octanol–water partition coefficient (Wildman–Crippen LogP) is 2.51. The number of nitrogens with one attached hydrogen (secondary N) is 1. The van der Waals surface area contributed by atoms with Crippen LogP contribution in [0.1, 0.15) is 24.1 Å². The van der Waals surface area contributed by atoms with Gasteiger partial charge in [-0.1, -0.05) is 30.3 Å². The molecule has 0 radical (unpaired) electrons. The predicted molar refractivity (Wildman–Crippen MR) is 78.3 cm³/mol. The molecule has 1 N–H and O–H groups in total. The Morgan fingerprint density at radius 2 is 1.89 bits per heavy atom. The minimum Gasteiger partial charge on any atom is -0.314 e. The summed E-state index contributed by atoms with van der Waals surface area (Å²) < 4.78 is 1.72. The lowest BCUT2D eigenvalue weighted by Crippen LogP contribution is -2.28. The Balaban J connectivity index is 1.92. The molecule has 0 spiro atoms. The lowest BCUT2D eigenvalue weighted by atomic mass is 10.0. The molecule has 1 aromatic heterocycles. The summed E-state index contributed by atoms with van der Waals surface area (Å²) in [6, 6.07) is 13.9. The van der Waals surface area contributed by atoms with Gasteiger partial charge in [0.2, 0.25) is 0 Å². The Labute approximate surface area is 113 Å². The molecule has 19 heavy (non-hydrogen) atoms. The Morgan fingerprint density at radius 3 is 2.63 bits per heavy atom. The van der Waals surface area contributed by atoms with Crippen LogP contribution in [0.3, 0.4) is 0 Å². The monoisotopic (exact) mass is 256 g/mol. The summed E-state index contributed by atoms with van der Waals surface area (Å²) in [7, 11) is 0. The van der Waals surface area contributed by atoms with E-state index < -0.39 is 0 Å². The summed E-state index contributed by atoms with van der Waals surface area (Å²) >= 11 is 0. The minimum absolute atomic E-state index is 0.0489. The second-order valence-electron chi connectivity index (χ2n) is 4.76. The van der Waals surface area contributed by atoms with Crippen molar-refractivity contribution in [1.29, 1.82) is 0 Å². The lowest BCUT2D eigenvalue weighted by Gasteiger charge is -2.16. The van der Waals surface area contributed by atoms with Crippen LogP contribution in [0.5, 0.6) is 0 Å². The molecule has 2 rings (SSSR count). The van der Waals surface area contributed by atoms with Crippen molar-refractivity contribution in [2.75, 3.05) is 6.54 Å². The van der Waals surface area contributed by atoms with Crippen molar-refractivity contribution in [2.45, 2.75) is 26.4 Å². The zero-order valence-electron chi connectivity index (χ0n) is 11.5. The smallest absolute Gasteiger partial charge is 0.250 e. The molecule has 1 aromatic carbocycles. The van der Waals surface area contributed by atoms with Crippen LogP contribution >= 0.6 is 0 Å². The summed E-state index contributed by atoms with van der Waals surface area (Å²) in [5, 5.41) is 3.46. The zero-order chi connectivity index (χ0) is 13.7. The van der Waals surface area contributed by atoms with Crippen molar-refractivity contribution in [3.05, 3.63) is 70.1 Å². The first-order valence-electron chi connectivity index (χ1n) is 6.63. The maximum absolute atomic E-state index is 11.6. The molecular formula is C16H20N2O. The molecule has 2 aromatic rings. The van der Waals surface area contributed by atoms with Crippen molar-refractivity contribution in [2.24, 2.45) is 0 Å². The highest BCUT2D eigenvalue weighted by Gasteiger charge is 2.06. The standard InChI is InChI=1S/C16H20N2O/c1-13-7-3-4-8-15(13)14(2)17-10-12-18-11-6-5-9-16(18)19/h3-9,11,14,17H,10,12H2,1-2H3/t14-/m1/s1. The van der Waals surface area contributed by atoms with Gasteiger partial charge in [-0.3, -0.25) is 4.79 Å². The third kappa shape index (κ3) is 3.55. The van der Waals surface area contributed by atoms with E-state index in [4.69, 9.17) is 0 Å². The molecule has 0 saturated heterocycles. The molecule has 0 aliphatic heterocycles. The number of hydrogen-bond donors (Lipinski definition) is 1. The van der Waals surface area contributed by atoms with Crippen LogP contribution in [0, 0.1) is 6.92 Å². The Kier molecular flexibility index (Phi) is 4.53. The molecule has 0 amide bonds. The van der Waals surface area contributed by atoms with Crippen molar-refractivity contribution in [3.63, 3.8) is 0 Å². The van der Waals surface area contributed by atoms with Gasteiger partial charge < -0.3 is 9.88 Å². The van der Waals surface area contributed by atoms with Crippen LogP contribution in [0.25, 0.3) is 0 Å². The molecule has 0 aliphatic carbocycles. The number of aryl methyl sites for hydroxylation is 1. The minimum atomic E-state index is 0.0489. The van der Waals surface area contributed by atoms with Gasteiger partial charge in [0.15, 0.2) is 0 Å². The molecule has 0 aliphatic rings. The third-order valence-corrected chi connectivity index (χ3v) is 3.36. The normalized spacial score (nSPS) is 12.3. The highest BCUT2D eigenvalue weighted by Crippen LogP contribution is 2.16. The molecule has 3 nitrogen and oxygen atoms in total. The van der Waals surface area contributed by atoms with Crippen LogP contribution in [0.2, 0.25) is 0 Å². The van der Waals surface area contributed by atoms with Gasteiger partial charge in [-0.25, -0.2) is 0 Å². The van der Waals surface area contributed by atoms with E-state index in [1.165, 1.54) is 11.1 Å². The highest BCUT2D eigenvalue weighted by atomic mass is 16.1. The quantitative estimate of drug-likeness (QED) is 0.892. The SMILES string of the molecule is Cc1ccccc1[C@@H](C)NCCn1ccccc1=O. The average Bonchev–Trinajstić information content (AvgIpc) is 2.41. The first-order valence-corrected chi connectivity index (χ1v) is 6.63.